The molecule has 7 atom stereocenters. The van der Waals surface area contributed by atoms with Crippen LogP contribution in [0.15, 0.2) is 35.9 Å². The van der Waals surface area contributed by atoms with Crippen LogP contribution in [0.4, 0.5) is 10.5 Å². The number of ether oxygens (including phenoxy) is 2. The van der Waals surface area contributed by atoms with Gasteiger partial charge >= 0.3 is 6.09 Å². The predicted octanol–water partition coefficient (Wildman–Crippen LogP) is 6.56. The highest BCUT2D eigenvalue weighted by atomic mass is 16.6. The third-order valence-electron chi connectivity index (χ3n) is 11.0. The molecule has 6 rings (SSSR count). The Morgan fingerprint density at radius 2 is 1.69 bits per heavy atom. The van der Waals surface area contributed by atoms with Crippen molar-refractivity contribution in [2.75, 3.05) is 18.6 Å². The molecular formula is C30H39NO4. The van der Waals surface area contributed by atoms with Gasteiger partial charge in [0.1, 0.15) is 11.9 Å². The van der Waals surface area contributed by atoms with Gasteiger partial charge in [-0.05, 0) is 104 Å². The van der Waals surface area contributed by atoms with Crippen LogP contribution in [-0.2, 0) is 9.53 Å². The van der Waals surface area contributed by atoms with Gasteiger partial charge in [-0.25, -0.2) is 4.79 Å². The highest BCUT2D eigenvalue weighted by Crippen LogP contribution is 2.67. The minimum absolute atomic E-state index is 0.0190. The fraction of sp³-hybridized carbons (Fsp3) is 0.667. The van der Waals surface area contributed by atoms with Gasteiger partial charge in [0, 0.05) is 31.0 Å². The maximum atomic E-state index is 13.1. The number of ketones is 1. The van der Waals surface area contributed by atoms with E-state index in [-0.39, 0.29) is 23.0 Å². The van der Waals surface area contributed by atoms with E-state index < -0.39 is 0 Å². The number of amides is 1. The maximum absolute atomic E-state index is 13.1. The molecule has 1 saturated heterocycles. The molecule has 1 heterocycles. The minimum Gasteiger partial charge on any atom is -0.497 e. The zero-order valence-electron chi connectivity index (χ0n) is 21.4. The summed E-state index contributed by atoms with van der Waals surface area (Å²) in [4.78, 5) is 27.0. The minimum atomic E-state index is -0.209. The molecular weight excluding hydrogens is 438 g/mol. The van der Waals surface area contributed by atoms with Crippen molar-refractivity contribution < 1.29 is 19.1 Å². The van der Waals surface area contributed by atoms with Gasteiger partial charge < -0.3 is 9.47 Å². The van der Waals surface area contributed by atoms with Crippen molar-refractivity contribution in [1.29, 1.82) is 0 Å². The standard InChI is InChI=1S/C30H39NO4/c1-29-15-12-21(32)18-19(29)4-9-23-24-10-11-26(30(24,2)16-13-25(23)29)27-14-17-31(28(33)35-27)20-5-7-22(34-3)8-6-20/h5-8,18,23-27H,4,9-17H2,1-3H3/t23-,24-,25-,26+,27?,29-,30-/m0/s1. The monoisotopic (exact) mass is 477 g/mol. The third kappa shape index (κ3) is 3.55. The van der Waals surface area contributed by atoms with Crippen molar-refractivity contribution in [2.45, 2.75) is 77.7 Å². The lowest BCUT2D eigenvalue weighted by Crippen LogP contribution is -2.53. The van der Waals surface area contributed by atoms with E-state index in [4.69, 9.17) is 9.47 Å². The molecule has 1 amide bonds. The fourth-order valence-electron chi connectivity index (χ4n) is 9.09. The van der Waals surface area contributed by atoms with Gasteiger partial charge in [-0.1, -0.05) is 19.4 Å². The van der Waals surface area contributed by atoms with Crippen LogP contribution in [0.2, 0.25) is 0 Å². The predicted molar refractivity (Wildman–Crippen MR) is 135 cm³/mol. The topological polar surface area (TPSA) is 55.8 Å². The number of carbonyl (C=O) groups is 2. The van der Waals surface area contributed by atoms with Gasteiger partial charge in [-0.2, -0.15) is 0 Å². The van der Waals surface area contributed by atoms with Gasteiger partial charge in [-0.3, -0.25) is 9.69 Å². The third-order valence-corrected chi connectivity index (χ3v) is 11.0. The second-order valence-electron chi connectivity index (χ2n) is 12.3. The lowest BCUT2D eigenvalue weighted by atomic mass is 9.46. The van der Waals surface area contributed by atoms with Gasteiger partial charge in [0.15, 0.2) is 5.78 Å². The Hall–Kier alpha value is -2.30. The number of nitrogens with zero attached hydrogens (tertiary/aromatic N) is 1. The second-order valence-corrected chi connectivity index (χ2v) is 12.3. The zero-order chi connectivity index (χ0) is 24.4. The molecule has 35 heavy (non-hydrogen) atoms. The molecule has 4 aliphatic carbocycles. The number of methoxy groups -OCH3 is 1. The van der Waals surface area contributed by atoms with E-state index in [0.717, 1.165) is 43.0 Å². The number of rotatable bonds is 3. The summed E-state index contributed by atoms with van der Waals surface area (Å²) < 4.78 is 11.4. The highest BCUT2D eigenvalue weighted by molar-refractivity contribution is 5.91. The zero-order valence-corrected chi connectivity index (χ0v) is 21.4. The molecule has 0 bridgehead atoms. The molecule has 0 radical (unpaired) electrons. The molecule has 1 aromatic rings. The molecule has 5 nitrogen and oxygen atoms in total. The van der Waals surface area contributed by atoms with Crippen LogP contribution in [-0.4, -0.2) is 31.6 Å². The van der Waals surface area contributed by atoms with Crippen molar-refractivity contribution in [3.63, 3.8) is 0 Å². The summed E-state index contributed by atoms with van der Waals surface area (Å²) >= 11 is 0. The Morgan fingerprint density at radius 3 is 2.43 bits per heavy atom. The summed E-state index contributed by atoms with van der Waals surface area (Å²) in [5.41, 5.74) is 2.77. The smallest absolute Gasteiger partial charge is 0.414 e. The molecule has 5 aliphatic rings. The normalized spacial score (nSPS) is 40.8. The fourth-order valence-corrected chi connectivity index (χ4v) is 9.09. The first-order valence-corrected chi connectivity index (χ1v) is 13.7. The lowest BCUT2D eigenvalue weighted by Gasteiger charge is -2.58. The molecule has 1 unspecified atom stereocenters. The number of allylic oxidation sites excluding steroid dienone is 1. The number of benzene rings is 1. The first-order chi connectivity index (χ1) is 16.8. The summed E-state index contributed by atoms with van der Waals surface area (Å²) in [6.45, 7) is 5.67. The first-order valence-electron chi connectivity index (χ1n) is 13.7. The van der Waals surface area contributed by atoms with Gasteiger partial charge in [0.05, 0.1) is 7.11 Å². The average molecular weight is 478 g/mol. The SMILES string of the molecule is COc1ccc(N2CCC([C@H]3CC[C@H]4[C@@H]5CCC6=CC(=O)CC[C@]6(C)[C@H]5CC[C@]34C)OC2=O)cc1. The van der Waals surface area contributed by atoms with Gasteiger partial charge in [0.25, 0.3) is 0 Å². The average Bonchev–Trinajstić information content (AvgIpc) is 3.22. The Morgan fingerprint density at radius 1 is 0.914 bits per heavy atom. The molecule has 1 aliphatic heterocycles. The van der Waals surface area contributed by atoms with E-state index in [0.29, 0.717) is 30.1 Å². The van der Waals surface area contributed by atoms with Crippen LogP contribution >= 0.6 is 0 Å². The molecule has 4 fully saturated rings. The van der Waals surface area contributed by atoms with E-state index in [1.807, 2.05) is 30.3 Å². The number of hydrogen-bond acceptors (Lipinski definition) is 4. The second kappa shape index (κ2) is 8.38. The maximum Gasteiger partial charge on any atom is 0.414 e. The van der Waals surface area contributed by atoms with Crippen molar-refractivity contribution >= 4 is 17.6 Å². The molecule has 1 aromatic carbocycles. The largest absolute Gasteiger partial charge is 0.497 e. The van der Waals surface area contributed by atoms with E-state index in [2.05, 4.69) is 13.8 Å². The number of carbonyl (C=O) groups excluding carboxylic acids is 2. The highest BCUT2D eigenvalue weighted by Gasteiger charge is 2.60. The van der Waals surface area contributed by atoms with E-state index >= 15 is 0 Å². The summed E-state index contributed by atoms with van der Waals surface area (Å²) in [5, 5.41) is 0. The van der Waals surface area contributed by atoms with E-state index in [1.165, 1.54) is 37.7 Å². The van der Waals surface area contributed by atoms with Crippen molar-refractivity contribution in [3.8, 4) is 5.75 Å². The van der Waals surface area contributed by atoms with Gasteiger partial charge in [0.2, 0.25) is 0 Å². The Bertz CT molecular complexity index is 1050. The molecule has 5 heteroatoms. The first kappa shape index (κ1) is 23.1. The number of hydrogen-bond donors (Lipinski definition) is 0. The van der Waals surface area contributed by atoms with Crippen molar-refractivity contribution in [3.05, 3.63) is 35.9 Å². The molecule has 0 N–H and O–H groups in total. The van der Waals surface area contributed by atoms with Crippen LogP contribution < -0.4 is 9.64 Å². The Kier molecular flexibility index (Phi) is 5.54. The Labute approximate surface area is 209 Å². The van der Waals surface area contributed by atoms with E-state index in [1.54, 1.807) is 12.0 Å². The van der Waals surface area contributed by atoms with Crippen LogP contribution in [0.1, 0.15) is 71.6 Å². The van der Waals surface area contributed by atoms with Crippen LogP contribution in [0.5, 0.6) is 5.75 Å². The Balaban J connectivity index is 1.17. The molecule has 188 valence electrons. The van der Waals surface area contributed by atoms with Crippen molar-refractivity contribution in [2.24, 2.45) is 34.5 Å². The number of anilines is 1. The van der Waals surface area contributed by atoms with Crippen molar-refractivity contribution in [1.82, 2.24) is 0 Å². The van der Waals surface area contributed by atoms with Crippen LogP contribution in [0.25, 0.3) is 0 Å². The summed E-state index contributed by atoms with van der Waals surface area (Å²) in [7, 11) is 1.65. The van der Waals surface area contributed by atoms with E-state index in [9.17, 15) is 9.59 Å². The number of cyclic esters (lactones) is 1. The van der Waals surface area contributed by atoms with Crippen LogP contribution in [0.3, 0.4) is 0 Å². The quantitative estimate of drug-likeness (QED) is 0.495. The number of fused-ring (bicyclic) bond motifs is 5. The summed E-state index contributed by atoms with van der Waals surface area (Å²) in [6.07, 6.45) is 11.7. The lowest BCUT2D eigenvalue weighted by molar-refractivity contribution is -0.118. The van der Waals surface area contributed by atoms with Crippen LogP contribution in [0, 0.1) is 34.5 Å². The molecule has 3 saturated carbocycles. The molecule has 0 spiro atoms. The van der Waals surface area contributed by atoms with Gasteiger partial charge in [-0.15, -0.1) is 0 Å². The summed E-state index contributed by atoms with van der Waals surface area (Å²) in [5.74, 6) is 3.72. The molecule has 0 aromatic heterocycles. The summed E-state index contributed by atoms with van der Waals surface area (Å²) in [6, 6.07) is 7.64.